The Morgan fingerprint density at radius 3 is 2.71 bits per heavy atom. The SMILES string of the molecule is Cc1ncc(Cl)c(N2CCC(c3ccnc(N)n3)CC2)n1. The fourth-order valence-electron chi connectivity index (χ4n) is 2.67. The van der Waals surface area contributed by atoms with Crippen LogP contribution in [-0.4, -0.2) is 33.0 Å². The number of nitrogens with two attached hydrogens (primary N) is 1. The molecule has 0 radical (unpaired) electrons. The van der Waals surface area contributed by atoms with Gasteiger partial charge in [0.15, 0.2) is 5.82 Å². The van der Waals surface area contributed by atoms with Gasteiger partial charge in [-0.25, -0.2) is 19.9 Å². The number of nitrogen functional groups attached to an aromatic ring is 1. The molecule has 1 aliphatic heterocycles. The third-order valence-electron chi connectivity index (χ3n) is 3.75. The van der Waals surface area contributed by atoms with Gasteiger partial charge in [-0.05, 0) is 25.8 Å². The van der Waals surface area contributed by atoms with E-state index in [-0.39, 0.29) is 0 Å². The first kappa shape index (κ1) is 14.0. The van der Waals surface area contributed by atoms with Crippen molar-refractivity contribution in [1.29, 1.82) is 0 Å². The van der Waals surface area contributed by atoms with Crippen molar-refractivity contribution in [3.63, 3.8) is 0 Å². The van der Waals surface area contributed by atoms with Crippen molar-refractivity contribution >= 4 is 23.4 Å². The third kappa shape index (κ3) is 3.05. The van der Waals surface area contributed by atoms with Crippen LogP contribution in [0.15, 0.2) is 18.5 Å². The summed E-state index contributed by atoms with van der Waals surface area (Å²) in [6.07, 6.45) is 5.37. The van der Waals surface area contributed by atoms with E-state index in [0.29, 0.717) is 16.9 Å². The van der Waals surface area contributed by atoms with Crippen molar-refractivity contribution in [2.24, 2.45) is 0 Å². The molecule has 2 aromatic rings. The zero-order valence-electron chi connectivity index (χ0n) is 11.8. The Morgan fingerprint density at radius 1 is 1.24 bits per heavy atom. The van der Waals surface area contributed by atoms with Gasteiger partial charge in [0, 0.05) is 30.9 Å². The highest BCUT2D eigenvalue weighted by Gasteiger charge is 2.24. The van der Waals surface area contributed by atoms with Gasteiger partial charge in [0.05, 0.1) is 6.20 Å². The first-order valence-corrected chi connectivity index (χ1v) is 7.34. The van der Waals surface area contributed by atoms with E-state index in [1.165, 1.54) is 0 Å². The van der Waals surface area contributed by atoms with Crippen LogP contribution in [0.25, 0.3) is 0 Å². The second-order valence-electron chi connectivity index (χ2n) is 5.19. The van der Waals surface area contributed by atoms with E-state index in [9.17, 15) is 0 Å². The maximum atomic E-state index is 6.20. The first-order valence-electron chi connectivity index (χ1n) is 6.96. The lowest BCUT2D eigenvalue weighted by Crippen LogP contribution is -2.34. The van der Waals surface area contributed by atoms with E-state index in [0.717, 1.165) is 43.3 Å². The van der Waals surface area contributed by atoms with E-state index in [1.54, 1.807) is 12.4 Å². The van der Waals surface area contributed by atoms with Crippen LogP contribution < -0.4 is 10.6 Å². The van der Waals surface area contributed by atoms with Crippen LogP contribution in [0.1, 0.15) is 30.3 Å². The van der Waals surface area contributed by atoms with Crippen molar-refractivity contribution in [1.82, 2.24) is 19.9 Å². The summed E-state index contributed by atoms with van der Waals surface area (Å²) in [5, 5.41) is 0.602. The molecule has 1 fully saturated rings. The first-order chi connectivity index (χ1) is 10.1. The fourth-order valence-corrected chi connectivity index (χ4v) is 2.88. The minimum Gasteiger partial charge on any atom is -0.368 e. The molecule has 6 nitrogen and oxygen atoms in total. The lowest BCUT2D eigenvalue weighted by molar-refractivity contribution is 0.493. The average Bonchev–Trinajstić information content (AvgIpc) is 2.50. The third-order valence-corrected chi connectivity index (χ3v) is 4.02. The molecule has 1 saturated heterocycles. The smallest absolute Gasteiger partial charge is 0.220 e. The summed E-state index contributed by atoms with van der Waals surface area (Å²) in [4.78, 5) is 19.0. The largest absolute Gasteiger partial charge is 0.368 e. The molecule has 0 spiro atoms. The molecule has 0 saturated carbocycles. The summed E-state index contributed by atoms with van der Waals surface area (Å²) in [6.45, 7) is 3.66. The van der Waals surface area contributed by atoms with Gasteiger partial charge >= 0.3 is 0 Å². The molecule has 7 heteroatoms. The Kier molecular flexibility index (Phi) is 3.88. The summed E-state index contributed by atoms with van der Waals surface area (Å²) >= 11 is 6.20. The number of nitrogens with zero attached hydrogens (tertiary/aromatic N) is 5. The van der Waals surface area contributed by atoms with Crippen LogP contribution in [-0.2, 0) is 0 Å². The van der Waals surface area contributed by atoms with Crippen molar-refractivity contribution < 1.29 is 0 Å². The number of piperidine rings is 1. The topological polar surface area (TPSA) is 80.8 Å². The molecule has 2 aromatic heterocycles. The predicted molar refractivity (Wildman–Crippen MR) is 82.4 cm³/mol. The molecule has 2 N–H and O–H groups in total. The Balaban J connectivity index is 1.72. The maximum absolute atomic E-state index is 6.20. The molecule has 110 valence electrons. The molecule has 0 amide bonds. The lowest BCUT2D eigenvalue weighted by atomic mass is 9.93. The molecule has 0 unspecified atom stereocenters. The van der Waals surface area contributed by atoms with Crippen molar-refractivity contribution in [2.45, 2.75) is 25.7 Å². The zero-order chi connectivity index (χ0) is 14.8. The summed E-state index contributed by atoms with van der Waals surface area (Å²) in [7, 11) is 0. The highest BCUT2D eigenvalue weighted by Crippen LogP contribution is 2.31. The number of halogens is 1. The molecule has 1 aliphatic rings. The number of aryl methyl sites for hydroxylation is 1. The summed E-state index contributed by atoms with van der Waals surface area (Å²) in [5.41, 5.74) is 6.67. The van der Waals surface area contributed by atoms with Gasteiger partial charge in [-0.3, -0.25) is 0 Å². The van der Waals surface area contributed by atoms with Gasteiger partial charge in [-0.2, -0.15) is 0 Å². The summed E-state index contributed by atoms with van der Waals surface area (Å²) in [6, 6.07) is 1.94. The minimum absolute atomic E-state index is 0.337. The fraction of sp³-hybridized carbons (Fsp3) is 0.429. The van der Waals surface area contributed by atoms with Gasteiger partial charge in [-0.15, -0.1) is 0 Å². The number of anilines is 2. The number of rotatable bonds is 2. The Bertz CT molecular complexity index is 639. The molecule has 0 aliphatic carbocycles. The minimum atomic E-state index is 0.337. The van der Waals surface area contributed by atoms with Gasteiger partial charge in [-0.1, -0.05) is 11.6 Å². The van der Waals surface area contributed by atoms with Gasteiger partial charge in [0.25, 0.3) is 0 Å². The van der Waals surface area contributed by atoms with E-state index in [2.05, 4.69) is 24.8 Å². The Labute approximate surface area is 128 Å². The van der Waals surface area contributed by atoms with Crippen LogP contribution in [0.3, 0.4) is 0 Å². The molecule has 0 atom stereocenters. The van der Waals surface area contributed by atoms with Crippen LogP contribution in [0.4, 0.5) is 11.8 Å². The van der Waals surface area contributed by atoms with E-state index in [1.807, 2.05) is 13.0 Å². The Morgan fingerprint density at radius 2 is 2.00 bits per heavy atom. The van der Waals surface area contributed by atoms with E-state index >= 15 is 0 Å². The second-order valence-corrected chi connectivity index (χ2v) is 5.60. The van der Waals surface area contributed by atoms with Crippen LogP contribution in [0.5, 0.6) is 0 Å². The average molecular weight is 305 g/mol. The standard InChI is InChI=1S/C14H17ClN6/c1-9-18-8-11(15)13(19-9)21-6-3-10(4-7-21)12-2-5-17-14(16)20-12/h2,5,8,10H,3-4,6-7H2,1H3,(H2,16,17,20). The second kappa shape index (κ2) is 5.81. The molecule has 0 aromatic carbocycles. The quantitative estimate of drug-likeness (QED) is 0.916. The molecule has 3 heterocycles. The van der Waals surface area contributed by atoms with Crippen LogP contribution in [0, 0.1) is 6.92 Å². The summed E-state index contributed by atoms with van der Waals surface area (Å²) < 4.78 is 0. The Hall–Kier alpha value is -1.95. The van der Waals surface area contributed by atoms with Gasteiger partial charge < -0.3 is 10.6 Å². The van der Waals surface area contributed by atoms with Crippen LogP contribution >= 0.6 is 11.6 Å². The highest BCUT2D eigenvalue weighted by atomic mass is 35.5. The monoisotopic (exact) mass is 304 g/mol. The van der Waals surface area contributed by atoms with Crippen molar-refractivity contribution in [2.75, 3.05) is 23.7 Å². The number of hydrogen-bond acceptors (Lipinski definition) is 6. The molecular formula is C14H17ClN6. The number of hydrogen-bond donors (Lipinski definition) is 1. The van der Waals surface area contributed by atoms with Crippen molar-refractivity contribution in [3.8, 4) is 0 Å². The zero-order valence-corrected chi connectivity index (χ0v) is 12.6. The molecule has 3 rings (SSSR count). The highest BCUT2D eigenvalue weighted by molar-refractivity contribution is 6.32. The van der Waals surface area contributed by atoms with Gasteiger partial charge in [0.1, 0.15) is 10.8 Å². The molecular weight excluding hydrogens is 288 g/mol. The van der Waals surface area contributed by atoms with Gasteiger partial charge in [0.2, 0.25) is 5.95 Å². The normalized spacial score (nSPS) is 16.2. The lowest BCUT2D eigenvalue weighted by Gasteiger charge is -2.33. The molecule has 21 heavy (non-hydrogen) atoms. The van der Waals surface area contributed by atoms with Crippen molar-refractivity contribution in [3.05, 3.63) is 35.0 Å². The number of aromatic nitrogens is 4. The van der Waals surface area contributed by atoms with E-state index in [4.69, 9.17) is 17.3 Å². The maximum Gasteiger partial charge on any atom is 0.220 e. The van der Waals surface area contributed by atoms with Crippen LogP contribution in [0.2, 0.25) is 5.02 Å². The predicted octanol–water partition coefficient (Wildman–Crippen LogP) is 2.19. The summed E-state index contributed by atoms with van der Waals surface area (Å²) in [5.74, 6) is 2.31. The molecule has 0 bridgehead atoms. The van der Waals surface area contributed by atoms with E-state index < -0.39 is 0 Å².